The molecule has 1 fully saturated rings. The molecule has 1 saturated heterocycles. The molecule has 1 aliphatic rings. The third-order valence-corrected chi connectivity index (χ3v) is 5.50. The Kier molecular flexibility index (Phi) is 5.44. The van der Waals surface area contributed by atoms with Gasteiger partial charge in [0.2, 0.25) is 11.2 Å². The molecule has 4 rings (SSSR count). The molecule has 11 nitrogen and oxygen atoms in total. The molecule has 2 aromatic carbocycles. The summed E-state index contributed by atoms with van der Waals surface area (Å²) in [6.45, 7) is -0.710. The van der Waals surface area contributed by atoms with E-state index in [2.05, 4.69) is 0 Å². The maximum atomic E-state index is 12.8. The summed E-state index contributed by atoms with van der Waals surface area (Å²) < 4.78 is 10.8. The van der Waals surface area contributed by atoms with Crippen LogP contribution in [0.5, 0.6) is 23.0 Å². The zero-order chi connectivity index (χ0) is 23.3. The molecule has 2 heterocycles. The van der Waals surface area contributed by atoms with E-state index in [0.29, 0.717) is 0 Å². The van der Waals surface area contributed by atoms with Crippen molar-refractivity contribution in [3.05, 3.63) is 46.1 Å². The molecule has 0 radical (unpaired) electrons. The number of aliphatic hydroxyl groups is 4. The van der Waals surface area contributed by atoms with Gasteiger partial charge in [-0.3, -0.25) is 4.79 Å². The summed E-state index contributed by atoms with van der Waals surface area (Å²) in [6, 6.07) is 5.98. The van der Waals surface area contributed by atoms with Crippen LogP contribution >= 0.6 is 0 Å². The highest BCUT2D eigenvalue weighted by Crippen LogP contribution is 2.45. The molecule has 0 amide bonds. The van der Waals surface area contributed by atoms with Crippen molar-refractivity contribution in [2.45, 2.75) is 30.5 Å². The fourth-order valence-corrected chi connectivity index (χ4v) is 3.88. The molecule has 11 heteroatoms. The molecule has 5 unspecified atom stereocenters. The van der Waals surface area contributed by atoms with Crippen molar-refractivity contribution >= 4 is 11.0 Å². The minimum Gasteiger partial charge on any atom is -0.508 e. The van der Waals surface area contributed by atoms with E-state index in [-0.39, 0.29) is 22.6 Å². The molecular weight excluding hydrogens is 428 g/mol. The molecule has 0 aliphatic carbocycles. The molecule has 5 atom stereocenters. The first-order valence-electron chi connectivity index (χ1n) is 9.50. The number of hydrogen-bond donors (Lipinski definition) is 8. The van der Waals surface area contributed by atoms with Crippen LogP contribution in [-0.4, -0.2) is 72.1 Å². The van der Waals surface area contributed by atoms with Gasteiger partial charge in [-0.15, -0.1) is 0 Å². The van der Waals surface area contributed by atoms with Crippen LogP contribution < -0.4 is 5.43 Å². The first-order chi connectivity index (χ1) is 15.1. The number of ether oxygens (including phenoxy) is 1. The Morgan fingerprint density at radius 1 is 0.906 bits per heavy atom. The summed E-state index contributed by atoms with van der Waals surface area (Å²) in [5.41, 5.74) is -1.75. The van der Waals surface area contributed by atoms with Crippen molar-refractivity contribution in [3.63, 3.8) is 0 Å². The van der Waals surface area contributed by atoms with E-state index in [4.69, 9.17) is 9.15 Å². The number of rotatable bonds is 3. The lowest BCUT2D eigenvalue weighted by atomic mass is 9.84. The third-order valence-electron chi connectivity index (χ3n) is 5.50. The van der Waals surface area contributed by atoms with E-state index in [1.54, 1.807) is 0 Å². The lowest BCUT2D eigenvalue weighted by molar-refractivity contribution is -0.251. The predicted molar refractivity (Wildman–Crippen MR) is 107 cm³/mol. The second kappa shape index (κ2) is 7.97. The topological polar surface area (TPSA) is 201 Å². The van der Waals surface area contributed by atoms with Crippen LogP contribution in [0.3, 0.4) is 0 Å². The van der Waals surface area contributed by atoms with Crippen LogP contribution in [0.4, 0.5) is 0 Å². The molecule has 170 valence electrons. The Morgan fingerprint density at radius 2 is 1.56 bits per heavy atom. The maximum Gasteiger partial charge on any atom is 0.238 e. The normalized spacial score (nSPS) is 25.8. The number of hydrogen-bond acceptors (Lipinski definition) is 11. The fraction of sp³-hybridized carbons (Fsp3) is 0.286. The van der Waals surface area contributed by atoms with Gasteiger partial charge in [-0.1, -0.05) is 0 Å². The van der Waals surface area contributed by atoms with Gasteiger partial charge in [0.25, 0.3) is 0 Å². The van der Waals surface area contributed by atoms with Crippen molar-refractivity contribution < 1.29 is 50.0 Å². The summed E-state index contributed by atoms with van der Waals surface area (Å²) in [4.78, 5) is 12.8. The third kappa shape index (κ3) is 3.32. The Labute approximate surface area is 179 Å². The number of benzene rings is 2. The van der Waals surface area contributed by atoms with Crippen molar-refractivity contribution in [1.29, 1.82) is 0 Å². The van der Waals surface area contributed by atoms with E-state index in [9.17, 15) is 45.6 Å². The van der Waals surface area contributed by atoms with Gasteiger partial charge in [-0.2, -0.15) is 0 Å². The summed E-state index contributed by atoms with van der Waals surface area (Å²) >= 11 is 0. The minimum absolute atomic E-state index is 0.0922. The minimum atomic E-state index is -1.85. The second-order valence-electron chi connectivity index (χ2n) is 7.44. The molecule has 32 heavy (non-hydrogen) atoms. The predicted octanol–water partition coefficient (Wildman–Crippen LogP) is -0.203. The van der Waals surface area contributed by atoms with Crippen LogP contribution in [0.2, 0.25) is 0 Å². The number of fused-ring (bicyclic) bond motifs is 1. The van der Waals surface area contributed by atoms with Crippen LogP contribution in [-0.2, 0) is 4.74 Å². The van der Waals surface area contributed by atoms with E-state index < -0.39 is 70.8 Å². The van der Waals surface area contributed by atoms with Crippen molar-refractivity contribution in [2.75, 3.05) is 6.61 Å². The lowest BCUT2D eigenvalue weighted by Gasteiger charge is -2.40. The summed E-state index contributed by atoms with van der Waals surface area (Å²) in [5.74, 6) is -4.32. The van der Waals surface area contributed by atoms with Gasteiger partial charge >= 0.3 is 0 Å². The van der Waals surface area contributed by atoms with Gasteiger partial charge in [0, 0.05) is 17.2 Å². The van der Waals surface area contributed by atoms with Gasteiger partial charge in [0.1, 0.15) is 40.4 Å². The molecule has 8 N–H and O–H groups in total. The maximum absolute atomic E-state index is 12.8. The van der Waals surface area contributed by atoms with E-state index in [0.717, 1.165) is 6.07 Å². The SMILES string of the molecule is O=c1c(O)c(-c2ccc(O)cc2)oc2c(C3C(O)OC(CO)C(O)C3O)c(O)cc(O)c12. The molecule has 1 aromatic heterocycles. The zero-order valence-electron chi connectivity index (χ0n) is 16.3. The number of phenolic OH excluding ortho intramolecular Hbond substituents is 3. The first kappa shape index (κ1) is 21.9. The Balaban J connectivity index is 2.01. The summed E-state index contributed by atoms with van der Waals surface area (Å²) in [7, 11) is 0. The summed E-state index contributed by atoms with van der Waals surface area (Å²) in [5, 5.41) is 80.6. The quantitative estimate of drug-likeness (QED) is 0.264. The number of phenols is 3. The molecule has 0 saturated carbocycles. The van der Waals surface area contributed by atoms with E-state index in [1.165, 1.54) is 24.3 Å². The molecule has 0 bridgehead atoms. The van der Waals surface area contributed by atoms with Gasteiger partial charge < -0.3 is 50.0 Å². The average molecular weight is 448 g/mol. The van der Waals surface area contributed by atoms with Gasteiger partial charge in [-0.25, -0.2) is 0 Å². The molecule has 3 aromatic rings. The van der Waals surface area contributed by atoms with Crippen LogP contribution in [0, 0.1) is 0 Å². The number of aromatic hydroxyl groups is 4. The smallest absolute Gasteiger partial charge is 0.238 e. The monoisotopic (exact) mass is 448 g/mol. The van der Waals surface area contributed by atoms with Crippen LogP contribution in [0.15, 0.2) is 39.5 Å². The van der Waals surface area contributed by atoms with Gasteiger partial charge in [0.15, 0.2) is 12.1 Å². The highest BCUT2D eigenvalue weighted by Gasteiger charge is 2.46. The molecule has 1 aliphatic heterocycles. The lowest BCUT2D eigenvalue weighted by Crippen LogP contribution is -2.54. The van der Waals surface area contributed by atoms with E-state index >= 15 is 0 Å². The average Bonchev–Trinajstić information content (AvgIpc) is 2.75. The van der Waals surface area contributed by atoms with E-state index in [1.807, 2.05) is 0 Å². The number of aliphatic hydroxyl groups excluding tert-OH is 4. The van der Waals surface area contributed by atoms with Crippen LogP contribution in [0.25, 0.3) is 22.3 Å². The van der Waals surface area contributed by atoms with Crippen molar-refractivity contribution in [1.82, 2.24) is 0 Å². The first-order valence-corrected chi connectivity index (χ1v) is 9.50. The highest BCUT2D eigenvalue weighted by atomic mass is 16.6. The molecular formula is C21H20O11. The second-order valence-corrected chi connectivity index (χ2v) is 7.44. The van der Waals surface area contributed by atoms with Crippen molar-refractivity contribution in [2.24, 2.45) is 0 Å². The Hall–Kier alpha value is -3.35. The van der Waals surface area contributed by atoms with Gasteiger partial charge in [0.05, 0.1) is 18.6 Å². The highest BCUT2D eigenvalue weighted by molar-refractivity contribution is 5.91. The molecule has 0 spiro atoms. The van der Waals surface area contributed by atoms with Crippen LogP contribution in [0.1, 0.15) is 11.5 Å². The van der Waals surface area contributed by atoms with Crippen molar-refractivity contribution in [3.8, 4) is 34.3 Å². The largest absolute Gasteiger partial charge is 0.508 e. The standard InChI is InChI=1S/C21H20O11/c22-6-11-15(26)17(28)14(21(30)31-11)12-9(24)5-10(25)13-16(27)18(29)19(32-20(12)13)7-1-3-8(23)4-2-7/h1-5,11,14-15,17,21-26,28-30H,6H2. The Morgan fingerprint density at radius 3 is 2.19 bits per heavy atom. The zero-order valence-corrected chi connectivity index (χ0v) is 16.3. The summed E-state index contributed by atoms with van der Waals surface area (Å²) in [6.07, 6.45) is -6.60. The Bertz CT molecular complexity index is 1220. The fourth-order valence-electron chi connectivity index (χ4n) is 3.88. The van der Waals surface area contributed by atoms with Gasteiger partial charge in [-0.05, 0) is 24.3 Å².